The molecule has 0 saturated heterocycles. The molecule has 1 unspecified atom stereocenters. The van der Waals surface area contributed by atoms with E-state index in [4.69, 9.17) is 10.5 Å². The molecule has 0 bridgehead atoms. The molecule has 0 aliphatic carbocycles. The number of anilines is 2. The number of hydrogen-bond acceptors (Lipinski definition) is 7. The van der Waals surface area contributed by atoms with Crippen LogP contribution >= 0.6 is 0 Å². The number of nitrogens with two attached hydrogens (primary N) is 1. The summed E-state index contributed by atoms with van der Waals surface area (Å²) in [7, 11) is -3.57. The van der Waals surface area contributed by atoms with Crippen molar-refractivity contribution in [2.24, 2.45) is 5.73 Å². The Balaban J connectivity index is 1.95. The van der Waals surface area contributed by atoms with Crippen LogP contribution in [-0.4, -0.2) is 32.6 Å². The monoisotopic (exact) mass is 552 g/mol. The zero-order chi connectivity index (χ0) is 28.6. The van der Waals surface area contributed by atoms with Gasteiger partial charge in [0.05, 0.1) is 17.3 Å². The van der Waals surface area contributed by atoms with Crippen molar-refractivity contribution < 1.29 is 22.7 Å². The highest BCUT2D eigenvalue weighted by Crippen LogP contribution is 2.26. The quantitative estimate of drug-likeness (QED) is 0.266. The van der Waals surface area contributed by atoms with Crippen molar-refractivity contribution in [3.63, 3.8) is 0 Å². The van der Waals surface area contributed by atoms with Crippen molar-refractivity contribution in [3.8, 4) is 5.75 Å². The minimum atomic E-state index is -3.57. The van der Waals surface area contributed by atoms with E-state index in [0.29, 0.717) is 35.7 Å². The molecule has 0 radical (unpaired) electrons. The smallest absolute Gasteiger partial charge is 0.247 e. The maximum Gasteiger partial charge on any atom is 0.247 e. The molecule has 9 nitrogen and oxygen atoms in total. The Labute approximate surface area is 230 Å². The largest absolute Gasteiger partial charge is 0.494 e. The Bertz CT molecular complexity index is 1440. The lowest BCUT2D eigenvalue weighted by atomic mass is 10.0. The van der Waals surface area contributed by atoms with Crippen LogP contribution < -0.4 is 26.4 Å². The van der Waals surface area contributed by atoms with Gasteiger partial charge in [-0.15, -0.1) is 0 Å². The molecule has 0 saturated carbocycles. The first kappa shape index (κ1) is 29.7. The summed E-state index contributed by atoms with van der Waals surface area (Å²) in [6.45, 7) is 7.59. The molecule has 5 N–H and O–H groups in total. The lowest BCUT2D eigenvalue weighted by molar-refractivity contribution is -0.122. The highest BCUT2D eigenvalue weighted by Gasteiger charge is 2.23. The van der Waals surface area contributed by atoms with E-state index in [2.05, 4.69) is 16.0 Å². The molecule has 0 aromatic heterocycles. The average Bonchev–Trinajstić information content (AvgIpc) is 2.90. The Morgan fingerprint density at radius 2 is 1.72 bits per heavy atom. The van der Waals surface area contributed by atoms with Crippen LogP contribution in [0.15, 0.2) is 65.6 Å². The Hall–Kier alpha value is -3.89. The molecule has 10 heteroatoms. The summed E-state index contributed by atoms with van der Waals surface area (Å²) >= 11 is 0. The van der Waals surface area contributed by atoms with Crippen LogP contribution in [0.3, 0.4) is 0 Å². The molecule has 2 amide bonds. The normalized spacial score (nSPS) is 11.9. The fourth-order valence-electron chi connectivity index (χ4n) is 4.17. The van der Waals surface area contributed by atoms with Gasteiger partial charge in [-0.3, -0.25) is 9.59 Å². The topological polar surface area (TPSA) is 140 Å². The van der Waals surface area contributed by atoms with Crippen molar-refractivity contribution >= 4 is 33.0 Å². The third-order valence-corrected chi connectivity index (χ3v) is 8.02. The van der Waals surface area contributed by atoms with Crippen LogP contribution in [0.1, 0.15) is 49.1 Å². The number of sulfone groups is 1. The van der Waals surface area contributed by atoms with Gasteiger partial charge < -0.3 is 26.4 Å². The van der Waals surface area contributed by atoms with E-state index in [-0.39, 0.29) is 29.0 Å². The van der Waals surface area contributed by atoms with Gasteiger partial charge in [-0.25, -0.2) is 8.42 Å². The molecule has 0 spiro atoms. The molecule has 0 fully saturated rings. The van der Waals surface area contributed by atoms with E-state index in [1.807, 2.05) is 50.2 Å². The second kappa shape index (κ2) is 13.3. The highest BCUT2D eigenvalue weighted by atomic mass is 32.2. The first-order valence-corrected chi connectivity index (χ1v) is 14.4. The van der Waals surface area contributed by atoms with Gasteiger partial charge in [0.2, 0.25) is 11.8 Å². The van der Waals surface area contributed by atoms with Crippen molar-refractivity contribution in [1.29, 1.82) is 0 Å². The second-order valence-corrected chi connectivity index (χ2v) is 11.3. The number of carbonyl (C=O) groups excluding carboxylic acids is 2. The molecule has 0 heterocycles. The van der Waals surface area contributed by atoms with Crippen LogP contribution in [0.4, 0.5) is 11.4 Å². The summed E-state index contributed by atoms with van der Waals surface area (Å²) in [6.07, 6.45) is 0. The van der Waals surface area contributed by atoms with Crippen molar-refractivity contribution in [2.75, 3.05) is 23.0 Å². The Morgan fingerprint density at radius 1 is 0.974 bits per heavy atom. The van der Waals surface area contributed by atoms with Gasteiger partial charge >= 0.3 is 0 Å². The summed E-state index contributed by atoms with van der Waals surface area (Å²) in [6, 6.07) is 16.7. The fraction of sp³-hybridized carbons (Fsp3) is 0.310. The van der Waals surface area contributed by atoms with E-state index in [1.54, 1.807) is 19.1 Å². The first-order chi connectivity index (χ1) is 18.6. The summed E-state index contributed by atoms with van der Waals surface area (Å²) < 4.78 is 31.1. The van der Waals surface area contributed by atoms with Crippen LogP contribution in [-0.2, 0) is 32.5 Å². The second-order valence-electron chi connectivity index (χ2n) is 9.05. The summed E-state index contributed by atoms with van der Waals surface area (Å²) in [5.74, 6) is -0.122. The average molecular weight is 553 g/mol. The third-order valence-electron chi connectivity index (χ3n) is 6.19. The molecule has 3 aromatic rings. The maximum atomic E-state index is 13.6. The fourth-order valence-corrected chi connectivity index (χ4v) is 5.29. The molecular formula is C29H36N4O5S. The molecule has 39 heavy (non-hydrogen) atoms. The minimum absolute atomic E-state index is 0.0602. The van der Waals surface area contributed by atoms with E-state index in [1.165, 1.54) is 19.1 Å². The minimum Gasteiger partial charge on any atom is -0.494 e. The van der Waals surface area contributed by atoms with Crippen molar-refractivity contribution in [3.05, 3.63) is 82.9 Å². The number of hydrogen-bond donors (Lipinski definition) is 4. The molecular weight excluding hydrogens is 516 g/mol. The molecule has 0 aliphatic heterocycles. The number of ether oxygens (including phenoxy) is 1. The van der Waals surface area contributed by atoms with Crippen LogP contribution in [0.2, 0.25) is 0 Å². The molecule has 1 atom stereocenters. The lowest BCUT2D eigenvalue weighted by Crippen LogP contribution is -2.33. The standard InChI is InChI=1S/C29H36N4O5S/c1-5-38-26-9-7-8-21(16-26)28(33-24-11-10-22(17-30)19(3)14-24)29(35)31-18-23-15-25(32-20(4)34)12-13-27(23)39(36,37)6-2/h7-16,28,33H,5-6,17-18,30H2,1-4H3,(H,31,35)(H,32,34). The Kier molecular flexibility index (Phi) is 10.1. The van der Waals surface area contributed by atoms with Crippen molar-refractivity contribution in [1.82, 2.24) is 5.32 Å². The zero-order valence-corrected chi connectivity index (χ0v) is 23.5. The van der Waals surface area contributed by atoms with Gasteiger partial charge in [0.15, 0.2) is 9.84 Å². The third kappa shape index (κ3) is 7.81. The van der Waals surface area contributed by atoms with Crippen LogP contribution in [0.5, 0.6) is 5.75 Å². The number of nitrogens with one attached hydrogen (secondary N) is 3. The first-order valence-electron chi connectivity index (χ1n) is 12.8. The van der Waals surface area contributed by atoms with Gasteiger partial charge in [0.1, 0.15) is 11.8 Å². The zero-order valence-electron chi connectivity index (χ0n) is 22.7. The summed E-state index contributed by atoms with van der Waals surface area (Å²) in [4.78, 5) is 25.3. The van der Waals surface area contributed by atoms with Gasteiger partial charge in [-0.2, -0.15) is 0 Å². The summed E-state index contributed by atoms with van der Waals surface area (Å²) in [5.41, 5.74) is 10.0. The summed E-state index contributed by atoms with van der Waals surface area (Å²) in [5, 5.41) is 8.85. The van der Waals surface area contributed by atoms with Gasteiger partial charge in [-0.1, -0.05) is 25.1 Å². The molecule has 208 valence electrons. The van der Waals surface area contributed by atoms with Gasteiger partial charge in [0.25, 0.3) is 0 Å². The number of benzene rings is 3. The van der Waals surface area contributed by atoms with E-state index >= 15 is 0 Å². The van der Waals surface area contributed by atoms with E-state index in [9.17, 15) is 18.0 Å². The van der Waals surface area contributed by atoms with Gasteiger partial charge in [0, 0.05) is 31.4 Å². The van der Waals surface area contributed by atoms with E-state index in [0.717, 1.165) is 16.8 Å². The van der Waals surface area contributed by atoms with Gasteiger partial charge in [-0.05, 0) is 78.6 Å². The lowest BCUT2D eigenvalue weighted by Gasteiger charge is -2.22. The maximum absolute atomic E-state index is 13.6. The highest BCUT2D eigenvalue weighted by molar-refractivity contribution is 7.91. The molecule has 3 aromatic carbocycles. The number of rotatable bonds is 12. The number of carbonyl (C=O) groups is 2. The Morgan fingerprint density at radius 3 is 2.36 bits per heavy atom. The SMILES string of the molecule is CCOc1cccc(C(Nc2ccc(CN)c(C)c2)C(=O)NCc2cc(NC(C)=O)ccc2S(=O)(=O)CC)c1. The van der Waals surface area contributed by atoms with Crippen molar-refractivity contribution in [2.45, 2.75) is 51.7 Å². The van der Waals surface area contributed by atoms with Crippen LogP contribution in [0, 0.1) is 6.92 Å². The predicted octanol–water partition coefficient (Wildman–Crippen LogP) is 4.07. The predicted molar refractivity (Wildman–Crippen MR) is 153 cm³/mol. The molecule has 0 aliphatic rings. The van der Waals surface area contributed by atoms with E-state index < -0.39 is 15.9 Å². The number of aryl methyl sites for hydroxylation is 1. The molecule has 3 rings (SSSR count). The number of amides is 2. The van der Waals surface area contributed by atoms with Crippen LogP contribution in [0.25, 0.3) is 0 Å².